The van der Waals surface area contributed by atoms with Gasteiger partial charge in [0.15, 0.2) is 0 Å². The van der Waals surface area contributed by atoms with Crippen LogP contribution >= 0.6 is 34.0 Å². The summed E-state index contributed by atoms with van der Waals surface area (Å²) in [5.74, 6) is -1.27. The fourth-order valence-corrected chi connectivity index (χ4v) is 8.81. The molecular formula is C43H49N7O6S3. The Hall–Kier alpha value is -5.29. The Kier molecular flexibility index (Phi) is 14.4. The van der Waals surface area contributed by atoms with Crippen LogP contribution in [0.15, 0.2) is 80.7 Å². The van der Waals surface area contributed by atoms with Gasteiger partial charge in [-0.25, -0.2) is 9.98 Å². The molecule has 5 N–H and O–H groups in total. The van der Waals surface area contributed by atoms with Crippen LogP contribution in [-0.4, -0.2) is 74.6 Å². The van der Waals surface area contributed by atoms with Gasteiger partial charge in [0.25, 0.3) is 0 Å². The molecule has 59 heavy (non-hydrogen) atoms. The third-order valence-electron chi connectivity index (χ3n) is 9.94. The van der Waals surface area contributed by atoms with Gasteiger partial charge in [-0.05, 0) is 77.6 Å². The minimum atomic E-state index is -0.924. The fourth-order valence-electron chi connectivity index (χ4n) is 6.84. The number of H-pyrrole nitrogens is 1. The number of aliphatic imine (C=N–C) groups is 1. The average Bonchev–Trinajstić information content (AvgIpc) is 4.03. The van der Waals surface area contributed by atoms with Gasteiger partial charge in [0.2, 0.25) is 23.6 Å². The van der Waals surface area contributed by atoms with E-state index in [1.165, 1.54) is 16.2 Å². The lowest BCUT2D eigenvalue weighted by atomic mass is 9.85. The zero-order chi connectivity index (χ0) is 42.1. The maximum Gasteiger partial charge on any atom is 0.304 e. The van der Waals surface area contributed by atoms with Crippen molar-refractivity contribution in [3.05, 3.63) is 97.4 Å². The second kappa shape index (κ2) is 19.6. The highest BCUT2D eigenvalue weighted by Crippen LogP contribution is 2.29. The first-order chi connectivity index (χ1) is 28.2. The topological polar surface area (TPSA) is 186 Å². The number of aromatic amines is 1. The van der Waals surface area contributed by atoms with Gasteiger partial charge in [-0.1, -0.05) is 62.8 Å². The molecule has 3 aromatic heterocycles. The van der Waals surface area contributed by atoms with E-state index in [1.807, 2.05) is 87.1 Å². The zero-order valence-corrected chi connectivity index (χ0v) is 35.9. The molecule has 4 heterocycles. The number of carbonyl (C=O) groups is 4. The number of benzene rings is 2. The molecule has 5 aromatic rings. The van der Waals surface area contributed by atoms with Crippen LogP contribution in [0.2, 0.25) is 0 Å². The number of likely N-dealkylation sites (tertiary alicyclic amines) is 1. The average molecular weight is 856 g/mol. The van der Waals surface area contributed by atoms with Crippen LogP contribution in [0.4, 0.5) is 10.7 Å². The van der Waals surface area contributed by atoms with Gasteiger partial charge >= 0.3 is 4.87 Å². The number of hydrogen-bond acceptors (Lipinski definition) is 11. The number of amides is 4. The summed E-state index contributed by atoms with van der Waals surface area (Å²) in [5, 5.41) is 23.9. The summed E-state index contributed by atoms with van der Waals surface area (Å²) in [5.41, 5.74) is 6.76. The third kappa shape index (κ3) is 11.9. The molecule has 1 aliphatic heterocycles. The molecule has 4 amide bonds. The SMILES string of the molecule is Cc1ncsc1-c1ccc(CNC(=O)[C@@H]2C[C@@H](O)CN2C(=O)[C@@H](NC(=O)CCCCCC(=O)Nc2cc(C=Nc3cccs3)cc(-c3csc(=O)[nH]3)c2)C(C)(C)C)cc1. The summed E-state index contributed by atoms with van der Waals surface area (Å²) >= 11 is 4.15. The van der Waals surface area contributed by atoms with E-state index < -0.39 is 29.5 Å². The van der Waals surface area contributed by atoms with E-state index in [1.54, 1.807) is 29.0 Å². The smallest absolute Gasteiger partial charge is 0.304 e. The van der Waals surface area contributed by atoms with E-state index in [2.05, 4.69) is 30.9 Å². The van der Waals surface area contributed by atoms with Crippen LogP contribution in [0.3, 0.4) is 0 Å². The van der Waals surface area contributed by atoms with Gasteiger partial charge in [0.1, 0.15) is 17.1 Å². The predicted octanol–water partition coefficient (Wildman–Crippen LogP) is 7.05. The van der Waals surface area contributed by atoms with E-state index in [0.29, 0.717) is 30.6 Å². The van der Waals surface area contributed by atoms with Crippen molar-refractivity contribution in [2.75, 3.05) is 11.9 Å². The molecule has 1 saturated heterocycles. The van der Waals surface area contributed by atoms with Crippen molar-refractivity contribution in [2.24, 2.45) is 10.4 Å². The summed E-state index contributed by atoms with van der Waals surface area (Å²) in [6.07, 6.45) is 3.01. The lowest BCUT2D eigenvalue weighted by Crippen LogP contribution is -2.57. The molecule has 0 spiro atoms. The van der Waals surface area contributed by atoms with E-state index in [4.69, 9.17) is 0 Å². The zero-order valence-electron chi connectivity index (χ0n) is 33.4. The number of nitrogens with one attached hydrogen (secondary N) is 4. The van der Waals surface area contributed by atoms with Crippen molar-refractivity contribution in [3.8, 4) is 21.7 Å². The lowest BCUT2D eigenvalue weighted by Gasteiger charge is -2.35. The molecule has 13 nitrogen and oxygen atoms in total. The van der Waals surface area contributed by atoms with Crippen molar-refractivity contribution >= 4 is 74.5 Å². The highest BCUT2D eigenvalue weighted by Gasteiger charge is 2.44. The second-order valence-electron chi connectivity index (χ2n) is 15.7. The van der Waals surface area contributed by atoms with Crippen LogP contribution < -0.4 is 20.8 Å². The molecule has 310 valence electrons. The number of anilines is 1. The van der Waals surface area contributed by atoms with Gasteiger partial charge < -0.3 is 30.9 Å². The summed E-state index contributed by atoms with van der Waals surface area (Å²) in [6, 6.07) is 15.4. The number of thiophene rings is 1. The van der Waals surface area contributed by atoms with Gasteiger partial charge in [-0.15, -0.1) is 22.7 Å². The Labute approximate surface area is 355 Å². The molecule has 16 heteroatoms. The molecule has 1 aliphatic rings. The summed E-state index contributed by atoms with van der Waals surface area (Å²) < 4.78 is 0. The van der Waals surface area contributed by atoms with E-state index in [0.717, 1.165) is 49.2 Å². The minimum absolute atomic E-state index is 0.00777. The van der Waals surface area contributed by atoms with Crippen molar-refractivity contribution in [1.82, 2.24) is 25.5 Å². The number of nitrogens with zero attached hydrogens (tertiary/aromatic N) is 3. The Morgan fingerprint density at radius 2 is 1.76 bits per heavy atom. The number of aliphatic hydroxyl groups is 1. The van der Waals surface area contributed by atoms with Crippen LogP contribution in [0.25, 0.3) is 21.7 Å². The molecule has 0 aliphatic carbocycles. The number of aryl methyl sites for hydroxylation is 1. The largest absolute Gasteiger partial charge is 0.391 e. The number of rotatable bonds is 16. The Morgan fingerprint density at radius 3 is 2.42 bits per heavy atom. The third-order valence-corrected chi connectivity index (χ3v) is 12.4. The van der Waals surface area contributed by atoms with Crippen molar-refractivity contribution < 1.29 is 24.3 Å². The molecule has 3 atom stereocenters. The molecule has 2 aromatic carbocycles. The van der Waals surface area contributed by atoms with Crippen LogP contribution in [0.5, 0.6) is 0 Å². The number of thiazole rings is 2. The van der Waals surface area contributed by atoms with Crippen molar-refractivity contribution in [1.29, 1.82) is 0 Å². The van der Waals surface area contributed by atoms with Crippen molar-refractivity contribution in [2.45, 2.75) is 91.0 Å². The van der Waals surface area contributed by atoms with E-state index in [-0.39, 0.29) is 54.9 Å². The minimum Gasteiger partial charge on any atom is -0.391 e. The first-order valence-electron chi connectivity index (χ1n) is 19.5. The molecule has 1 fully saturated rings. The van der Waals surface area contributed by atoms with Crippen LogP contribution in [-0.2, 0) is 25.7 Å². The lowest BCUT2D eigenvalue weighted by molar-refractivity contribution is -0.144. The molecule has 0 bridgehead atoms. The Balaban J connectivity index is 0.976. The van der Waals surface area contributed by atoms with Gasteiger partial charge in [0, 0.05) is 55.2 Å². The summed E-state index contributed by atoms with van der Waals surface area (Å²) in [4.78, 5) is 79.4. The maximum atomic E-state index is 14.0. The number of hydrogen-bond donors (Lipinski definition) is 5. The highest BCUT2D eigenvalue weighted by molar-refractivity contribution is 7.14. The molecule has 0 saturated carbocycles. The van der Waals surface area contributed by atoms with Crippen LogP contribution in [0.1, 0.15) is 76.1 Å². The van der Waals surface area contributed by atoms with Gasteiger partial charge in [-0.3, -0.25) is 24.0 Å². The van der Waals surface area contributed by atoms with E-state index in [9.17, 15) is 29.1 Å². The highest BCUT2D eigenvalue weighted by atomic mass is 32.1. The Bertz CT molecular complexity index is 2330. The monoisotopic (exact) mass is 855 g/mol. The number of β-amino-alcohol motifs (C(OH)–C–C–N with tert-alkyl or cyclic N) is 1. The predicted molar refractivity (Wildman–Crippen MR) is 235 cm³/mol. The Morgan fingerprint density at radius 1 is 1.00 bits per heavy atom. The van der Waals surface area contributed by atoms with Gasteiger partial charge in [-0.2, -0.15) is 0 Å². The summed E-state index contributed by atoms with van der Waals surface area (Å²) in [6.45, 7) is 7.76. The molecule has 0 radical (unpaired) electrons. The summed E-state index contributed by atoms with van der Waals surface area (Å²) in [7, 11) is 0. The number of aromatic nitrogens is 2. The number of carbonyl (C=O) groups excluding carboxylic acids is 4. The van der Waals surface area contributed by atoms with Gasteiger partial charge in [0.05, 0.1) is 27.9 Å². The second-order valence-corrected chi connectivity index (χ2v) is 18.3. The first-order valence-corrected chi connectivity index (χ1v) is 22.1. The maximum absolute atomic E-state index is 14.0. The fraction of sp³-hybridized carbons (Fsp3) is 0.372. The molecule has 0 unspecified atom stereocenters. The van der Waals surface area contributed by atoms with E-state index >= 15 is 0 Å². The standard InChI is InChI=1S/C43H49N7O6S3/c1-26-38(59-25-46-26)29-14-12-27(13-15-29)21-45-40(54)34-20-32(51)23-50(34)41(55)39(43(2,3)4)49-36(53)10-7-5-6-9-35(52)47-31-18-28(22-44-37-11-8-16-57-37)17-30(19-31)33-24-58-42(56)48-33/h8,11-19,22,24-25,32,34,39,51H,5-7,9-10,20-21,23H2,1-4H3,(H,45,54)(H,47,52)(H,48,56)(H,49,53)/t32-,34+,39-/m1/s1. The number of unbranched alkanes of at least 4 members (excludes halogenated alkanes) is 2. The quantitative estimate of drug-likeness (QED) is 0.0520. The first kappa shape index (κ1) is 43.3. The number of aliphatic hydroxyl groups excluding tert-OH is 1. The van der Waals surface area contributed by atoms with Crippen molar-refractivity contribution in [3.63, 3.8) is 0 Å². The normalized spacial score (nSPS) is 16.0. The molecule has 6 rings (SSSR count). The van der Waals surface area contributed by atoms with Crippen LogP contribution in [0, 0.1) is 12.3 Å². The molecular weight excluding hydrogens is 807 g/mol.